The fourth-order valence-electron chi connectivity index (χ4n) is 8.00. The van der Waals surface area contributed by atoms with Gasteiger partial charge in [-0.05, 0) is 74.6 Å². The number of allylic oxidation sites excluding steroid dienone is 1. The van der Waals surface area contributed by atoms with Crippen molar-refractivity contribution in [3.05, 3.63) is 61.2 Å². The zero-order valence-electron chi connectivity index (χ0n) is 30.3. The summed E-state index contributed by atoms with van der Waals surface area (Å²) in [5, 5.41) is 6.05. The number of nitrogens with one attached hydrogen (secondary N) is 3. The lowest BCUT2D eigenvalue weighted by molar-refractivity contribution is -0.141. The summed E-state index contributed by atoms with van der Waals surface area (Å²) in [6.45, 7) is 0.316. The molecular formula is C37H42Cl3N5O9S2. The van der Waals surface area contributed by atoms with Gasteiger partial charge in [-0.15, -0.1) is 11.3 Å². The third-order valence-corrected chi connectivity index (χ3v) is 14.5. The molecule has 1 saturated heterocycles. The van der Waals surface area contributed by atoms with Gasteiger partial charge in [-0.1, -0.05) is 71.9 Å². The number of thiophene rings is 1. The van der Waals surface area contributed by atoms with Crippen LogP contribution in [0.1, 0.15) is 81.8 Å². The Kier molecular flexibility index (Phi) is 12.1. The van der Waals surface area contributed by atoms with Crippen molar-refractivity contribution in [1.82, 2.24) is 25.2 Å². The highest BCUT2D eigenvalue weighted by molar-refractivity contribution is 7.90. The number of sulfonamides is 1. The first-order chi connectivity index (χ1) is 26.7. The fourth-order valence-corrected chi connectivity index (χ4v) is 11.4. The molecule has 1 aromatic carbocycles. The van der Waals surface area contributed by atoms with Crippen molar-refractivity contribution in [2.45, 2.75) is 118 Å². The quantitative estimate of drug-likeness (QED) is 0.291. The third kappa shape index (κ3) is 8.79. The molecule has 0 unspecified atom stereocenters. The summed E-state index contributed by atoms with van der Waals surface area (Å²) in [5.74, 6) is -2.86. The fraction of sp³-hybridized carbons (Fsp3) is 0.541. The van der Waals surface area contributed by atoms with Crippen LogP contribution in [0.25, 0.3) is 0 Å². The molecule has 0 radical (unpaired) electrons. The molecule has 4 heterocycles. The summed E-state index contributed by atoms with van der Waals surface area (Å²) in [5.41, 5.74) is 0.00517. The Labute approximate surface area is 343 Å². The van der Waals surface area contributed by atoms with Crippen molar-refractivity contribution in [2.24, 2.45) is 5.92 Å². The van der Waals surface area contributed by atoms with E-state index < -0.39 is 69.6 Å². The number of alkyl carbamates (subject to hydrolysis) is 1. The van der Waals surface area contributed by atoms with Crippen molar-refractivity contribution in [2.75, 3.05) is 6.54 Å². The third-order valence-electron chi connectivity index (χ3n) is 11.1. The zero-order chi connectivity index (χ0) is 39.8. The van der Waals surface area contributed by atoms with Crippen LogP contribution < -0.4 is 15.4 Å². The minimum atomic E-state index is -4.49. The summed E-state index contributed by atoms with van der Waals surface area (Å²) in [6.07, 6.45) is 7.37. The van der Waals surface area contributed by atoms with E-state index in [-0.39, 0.29) is 58.6 Å². The van der Waals surface area contributed by atoms with Crippen molar-refractivity contribution in [3.8, 4) is 0 Å². The van der Waals surface area contributed by atoms with Crippen molar-refractivity contribution >= 4 is 86.1 Å². The number of benzene rings is 1. The highest BCUT2D eigenvalue weighted by Gasteiger charge is 2.62. The Hall–Kier alpha value is -3.57. The van der Waals surface area contributed by atoms with E-state index in [1.807, 2.05) is 12.1 Å². The Bertz CT molecular complexity index is 2040. The lowest BCUT2D eigenvalue weighted by Crippen LogP contribution is -2.58. The maximum Gasteiger partial charge on any atom is 0.410 e. The number of fused-ring (bicyclic) bond motifs is 3. The van der Waals surface area contributed by atoms with E-state index in [4.69, 9.17) is 44.3 Å². The molecule has 2 aliphatic carbocycles. The molecule has 5 aliphatic rings. The molecule has 3 fully saturated rings. The summed E-state index contributed by atoms with van der Waals surface area (Å²) in [7, 11) is -4.49. The topological polar surface area (TPSA) is 181 Å². The van der Waals surface area contributed by atoms with Gasteiger partial charge in [0.1, 0.15) is 39.1 Å². The monoisotopic (exact) mass is 869 g/mol. The van der Waals surface area contributed by atoms with Crippen LogP contribution in [0.2, 0.25) is 13.7 Å². The summed E-state index contributed by atoms with van der Waals surface area (Å²) in [4.78, 5) is 71.7. The molecule has 19 heteroatoms. The lowest BCUT2D eigenvalue weighted by Gasteiger charge is -2.30. The van der Waals surface area contributed by atoms with E-state index in [9.17, 15) is 32.4 Å². The molecule has 302 valence electrons. The normalized spacial score (nSPS) is 27.6. The number of rotatable bonds is 6. The lowest BCUT2D eigenvalue weighted by atomic mass is 10.0. The van der Waals surface area contributed by atoms with Gasteiger partial charge in [0.2, 0.25) is 11.8 Å². The zero-order valence-corrected chi connectivity index (χ0v) is 34.2. The Morgan fingerprint density at radius 3 is 2.46 bits per heavy atom. The standard InChI is InChI=1S/C37H42Cl3N5O9S2/c38-26-13-8-9-21-18-44(20-25(21)26)36(50)54-24-15-28-32(46)42-37(34(48)43-56(51,52)29-16-30(39)55-31(29)40)17-22(37)10-4-2-1-3-5-14-27(33(47)45(28)19-24)41-35(49)53-23-11-6-7-12-23/h4,8-10,13,16,22-24,27-28H,1-3,5-7,11-12,14-15,17-20H2,(H,41,49)(H,42,46)(H,43,48)/b10-4-/t22-,24-,27+,28+,37-/m1/s1. The second-order valence-electron chi connectivity index (χ2n) is 15.0. The van der Waals surface area contributed by atoms with Crippen molar-refractivity contribution < 1.29 is 41.9 Å². The Morgan fingerprint density at radius 2 is 1.73 bits per heavy atom. The number of carbonyl (C=O) groups excluding carboxylic acids is 5. The first kappa shape index (κ1) is 40.6. The van der Waals surface area contributed by atoms with Crippen LogP contribution in [0, 0.1) is 5.92 Å². The maximum atomic E-state index is 14.5. The molecule has 1 aromatic heterocycles. The van der Waals surface area contributed by atoms with Gasteiger partial charge < -0.3 is 25.0 Å². The van der Waals surface area contributed by atoms with E-state index in [0.717, 1.165) is 67.1 Å². The smallest absolute Gasteiger partial charge is 0.410 e. The minimum absolute atomic E-state index is 0.0864. The molecular weight excluding hydrogens is 829 g/mol. The van der Waals surface area contributed by atoms with Gasteiger partial charge in [-0.25, -0.2) is 22.7 Å². The van der Waals surface area contributed by atoms with Gasteiger partial charge in [-0.2, -0.15) is 0 Å². The molecule has 3 aliphatic heterocycles. The average Bonchev–Trinajstić information content (AvgIpc) is 3.70. The predicted octanol–water partition coefficient (Wildman–Crippen LogP) is 6.07. The molecule has 5 amide bonds. The largest absolute Gasteiger partial charge is 0.446 e. The van der Waals surface area contributed by atoms with Gasteiger partial charge in [0.15, 0.2) is 0 Å². The van der Waals surface area contributed by atoms with Crippen LogP contribution >= 0.6 is 46.1 Å². The molecule has 14 nitrogen and oxygen atoms in total. The number of nitrogens with zero attached hydrogens (tertiary/aromatic N) is 2. The molecule has 2 aromatic rings. The van der Waals surface area contributed by atoms with Crippen LogP contribution in [-0.4, -0.2) is 84.5 Å². The second kappa shape index (κ2) is 16.7. The highest BCUT2D eigenvalue weighted by Crippen LogP contribution is 2.46. The highest BCUT2D eigenvalue weighted by atomic mass is 35.5. The first-order valence-electron chi connectivity index (χ1n) is 18.7. The average molecular weight is 871 g/mol. The van der Waals surface area contributed by atoms with Crippen LogP contribution in [0.15, 0.2) is 41.3 Å². The van der Waals surface area contributed by atoms with E-state index in [1.165, 1.54) is 9.80 Å². The second-order valence-corrected chi connectivity index (χ2v) is 19.3. The van der Waals surface area contributed by atoms with Crippen LogP contribution in [0.5, 0.6) is 0 Å². The molecule has 56 heavy (non-hydrogen) atoms. The van der Waals surface area contributed by atoms with E-state index in [1.54, 1.807) is 18.2 Å². The molecule has 0 bridgehead atoms. The molecule has 0 spiro atoms. The van der Waals surface area contributed by atoms with Crippen LogP contribution in [-0.2, 0) is 47.0 Å². The SMILES string of the molecule is O=C(N[C@H]1CCCCC/C=C\[C@@H]2C[C@@]2(C(=O)NS(=O)(=O)c2cc(Cl)sc2Cl)NC(=O)[C@@H]2C[C@@H](OC(=O)N3Cc4cccc(Cl)c4C3)CN2C1=O)OC1CCCC1. The van der Waals surface area contributed by atoms with Crippen molar-refractivity contribution in [3.63, 3.8) is 0 Å². The van der Waals surface area contributed by atoms with Gasteiger partial charge in [0.25, 0.3) is 15.9 Å². The van der Waals surface area contributed by atoms with Gasteiger partial charge >= 0.3 is 12.2 Å². The number of amides is 5. The molecule has 7 rings (SSSR count). The van der Waals surface area contributed by atoms with Crippen molar-refractivity contribution in [1.29, 1.82) is 0 Å². The van der Waals surface area contributed by atoms with Crippen LogP contribution in [0.4, 0.5) is 9.59 Å². The number of ether oxygens (including phenoxy) is 2. The molecule has 5 atom stereocenters. The Balaban J connectivity index is 1.14. The van der Waals surface area contributed by atoms with Crippen LogP contribution in [0.3, 0.4) is 0 Å². The number of hydrogen-bond acceptors (Lipinski definition) is 10. The van der Waals surface area contributed by atoms with E-state index in [0.29, 0.717) is 17.9 Å². The number of carbonyl (C=O) groups is 5. The minimum Gasteiger partial charge on any atom is -0.446 e. The number of hydrogen-bond donors (Lipinski definition) is 3. The van der Waals surface area contributed by atoms with E-state index in [2.05, 4.69) is 15.4 Å². The summed E-state index contributed by atoms with van der Waals surface area (Å²) >= 11 is 19.3. The maximum absolute atomic E-state index is 14.5. The summed E-state index contributed by atoms with van der Waals surface area (Å²) in [6, 6.07) is 4.24. The predicted molar refractivity (Wildman–Crippen MR) is 208 cm³/mol. The number of halogens is 3. The van der Waals surface area contributed by atoms with E-state index >= 15 is 0 Å². The Morgan fingerprint density at radius 1 is 0.964 bits per heavy atom. The summed E-state index contributed by atoms with van der Waals surface area (Å²) < 4.78 is 40.2. The first-order valence-corrected chi connectivity index (χ1v) is 22.2. The molecule has 2 saturated carbocycles. The van der Waals surface area contributed by atoms with Gasteiger partial charge in [-0.3, -0.25) is 19.3 Å². The van der Waals surface area contributed by atoms with Gasteiger partial charge in [0, 0.05) is 23.9 Å². The van der Waals surface area contributed by atoms with Gasteiger partial charge in [0.05, 0.1) is 17.4 Å². The molecule has 3 N–H and O–H groups in total.